The van der Waals surface area contributed by atoms with Crippen LogP contribution in [0.2, 0.25) is 5.02 Å². The van der Waals surface area contributed by atoms with Crippen LogP contribution in [0.15, 0.2) is 29.1 Å². The van der Waals surface area contributed by atoms with E-state index in [4.69, 9.17) is 11.6 Å². The van der Waals surface area contributed by atoms with Crippen molar-refractivity contribution in [2.75, 3.05) is 0 Å². The molecule has 0 unspecified atom stereocenters. The Hall–Kier alpha value is -1.74. The average molecular weight is 247 g/mol. The van der Waals surface area contributed by atoms with Crippen molar-refractivity contribution in [2.45, 2.75) is 6.92 Å². The van der Waals surface area contributed by atoms with Gasteiger partial charge in [0.05, 0.1) is 5.52 Å². The molecule has 0 atom stereocenters. The van der Waals surface area contributed by atoms with Crippen LogP contribution in [0.3, 0.4) is 0 Å². The summed E-state index contributed by atoms with van der Waals surface area (Å²) in [4.78, 5) is 14.4. The molecule has 0 aliphatic rings. The number of hydrogen-bond donors (Lipinski definition) is 1. The zero-order chi connectivity index (χ0) is 12.2. The van der Waals surface area contributed by atoms with E-state index in [9.17, 15) is 4.79 Å². The Balaban J connectivity index is 2.69. The van der Waals surface area contributed by atoms with Gasteiger partial charge in [0.1, 0.15) is 0 Å². The Morgan fingerprint density at radius 1 is 1.24 bits per heavy atom. The topological polar surface area (TPSA) is 37.8 Å². The first-order chi connectivity index (χ1) is 8.08. The Labute approximate surface area is 103 Å². The van der Waals surface area contributed by atoms with Crippen LogP contribution in [-0.4, -0.2) is 9.55 Å². The van der Waals surface area contributed by atoms with Gasteiger partial charge < -0.3 is 9.55 Å². The van der Waals surface area contributed by atoms with Gasteiger partial charge in [0.15, 0.2) is 0 Å². The van der Waals surface area contributed by atoms with Crippen molar-refractivity contribution in [3.63, 3.8) is 0 Å². The van der Waals surface area contributed by atoms with E-state index in [1.807, 2.05) is 32.2 Å². The zero-order valence-corrected chi connectivity index (χ0v) is 10.3. The summed E-state index contributed by atoms with van der Waals surface area (Å²) in [5.41, 5.74) is 2.91. The van der Waals surface area contributed by atoms with Crippen molar-refractivity contribution >= 4 is 33.4 Å². The van der Waals surface area contributed by atoms with Gasteiger partial charge in [0.2, 0.25) is 5.56 Å². The number of hydrogen-bond acceptors (Lipinski definition) is 1. The summed E-state index contributed by atoms with van der Waals surface area (Å²) in [6.45, 7) is 1.91. The van der Waals surface area contributed by atoms with E-state index in [1.54, 1.807) is 6.07 Å². The van der Waals surface area contributed by atoms with Gasteiger partial charge in [0, 0.05) is 40.1 Å². The molecule has 1 N–H and O–H groups in total. The molecular formula is C13H11ClN2O. The fourth-order valence-corrected chi connectivity index (χ4v) is 2.63. The summed E-state index contributed by atoms with van der Waals surface area (Å²) in [5.74, 6) is 0. The van der Waals surface area contributed by atoms with Crippen molar-refractivity contribution in [1.29, 1.82) is 0 Å². The number of aromatic nitrogens is 2. The van der Waals surface area contributed by atoms with Crippen molar-refractivity contribution in [1.82, 2.24) is 9.55 Å². The maximum Gasteiger partial charge on any atom is 0.248 e. The molecule has 0 fully saturated rings. The van der Waals surface area contributed by atoms with Crippen LogP contribution in [0.5, 0.6) is 0 Å². The van der Waals surface area contributed by atoms with Crippen LogP contribution in [-0.2, 0) is 7.05 Å². The van der Waals surface area contributed by atoms with E-state index in [-0.39, 0.29) is 5.56 Å². The highest BCUT2D eigenvalue weighted by atomic mass is 35.5. The first-order valence-corrected chi connectivity index (χ1v) is 5.73. The Morgan fingerprint density at radius 3 is 2.76 bits per heavy atom. The number of benzene rings is 1. The summed E-state index contributed by atoms with van der Waals surface area (Å²) in [6.07, 6.45) is 0. The van der Waals surface area contributed by atoms with E-state index in [2.05, 4.69) is 9.55 Å². The molecule has 2 aromatic heterocycles. The summed E-state index contributed by atoms with van der Waals surface area (Å²) < 4.78 is 2.08. The summed E-state index contributed by atoms with van der Waals surface area (Å²) in [5, 5.41) is 2.65. The molecule has 0 amide bonds. The first-order valence-electron chi connectivity index (χ1n) is 5.35. The largest absolute Gasteiger partial charge is 0.342 e. The number of halogens is 1. The van der Waals surface area contributed by atoms with Crippen LogP contribution in [0.4, 0.5) is 0 Å². The smallest absolute Gasteiger partial charge is 0.248 e. The number of aryl methyl sites for hydroxylation is 2. The second-order valence-corrected chi connectivity index (χ2v) is 4.68. The van der Waals surface area contributed by atoms with E-state index in [0.29, 0.717) is 5.02 Å². The van der Waals surface area contributed by atoms with Gasteiger partial charge in [0.25, 0.3) is 0 Å². The molecule has 0 aliphatic heterocycles. The fraction of sp³-hybridized carbons (Fsp3) is 0.154. The van der Waals surface area contributed by atoms with Gasteiger partial charge >= 0.3 is 0 Å². The minimum atomic E-state index is -0.0810. The first kappa shape index (κ1) is 10.4. The lowest BCUT2D eigenvalue weighted by Gasteiger charge is -2.00. The highest BCUT2D eigenvalue weighted by molar-refractivity contribution is 6.31. The quantitative estimate of drug-likeness (QED) is 0.651. The Bertz CT molecular complexity index is 798. The molecular weight excluding hydrogens is 236 g/mol. The Kier molecular flexibility index (Phi) is 2.07. The normalized spacial score (nSPS) is 11.5. The minimum Gasteiger partial charge on any atom is -0.342 e. The second-order valence-electron chi connectivity index (χ2n) is 4.24. The molecule has 0 bridgehead atoms. The van der Waals surface area contributed by atoms with Crippen LogP contribution in [0.1, 0.15) is 5.69 Å². The fourth-order valence-electron chi connectivity index (χ4n) is 2.46. The third-order valence-corrected chi connectivity index (χ3v) is 3.38. The van der Waals surface area contributed by atoms with E-state index in [0.717, 1.165) is 27.5 Å². The monoisotopic (exact) mass is 246 g/mol. The summed E-state index contributed by atoms with van der Waals surface area (Å²) >= 11 is 6.01. The molecule has 3 rings (SSSR count). The summed E-state index contributed by atoms with van der Waals surface area (Å²) in [6, 6.07) is 7.36. The SMILES string of the molecule is Cc1[nH]c(=O)cc2c3cc(Cl)ccc3n(C)c12. The molecule has 3 nitrogen and oxygen atoms in total. The number of nitrogens with zero attached hydrogens (tertiary/aromatic N) is 1. The summed E-state index contributed by atoms with van der Waals surface area (Å²) in [7, 11) is 1.99. The van der Waals surface area contributed by atoms with Crippen molar-refractivity contribution in [3.05, 3.63) is 45.3 Å². The highest BCUT2D eigenvalue weighted by Crippen LogP contribution is 2.30. The lowest BCUT2D eigenvalue weighted by Crippen LogP contribution is -2.06. The molecule has 86 valence electrons. The molecule has 0 radical (unpaired) electrons. The highest BCUT2D eigenvalue weighted by Gasteiger charge is 2.11. The number of pyridine rings is 1. The van der Waals surface area contributed by atoms with Gasteiger partial charge in [-0.1, -0.05) is 11.6 Å². The molecule has 0 aliphatic carbocycles. The van der Waals surface area contributed by atoms with Crippen LogP contribution < -0.4 is 5.56 Å². The van der Waals surface area contributed by atoms with Gasteiger partial charge in [-0.25, -0.2) is 0 Å². The van der Waals surface area contributed by atoms with E-state index >= 15 is 0 Å². The maximum absolute atomic E-state index is 11.5. The Morgan fingerprint density at radius 2 is 2.00 bits per heavy atom. The maximum atomic E-state index is 11.5. The standard InChI is InChI=1S/C13H11ClN2O/c1-7-13-10(6-12(17)15-7)9-5-8(14)3-4-11(9)16(13)2/h3-6H,1-2H3,(H,15,17). The molecule has 4 heteroatoms. The van der Waals surface area contributed by atoms with Crippen LogP contribution in [0.25, 0.3) is 21.8 Å². The van der Waals surface area contributed by atoms with Gasteiger partial charge in [-0.05, 0) is 25.1 Å². The number of H-pyrrole nitrogens is 1. The number of rotatable bonds is 0. The third kappa shape index (κ3) is 1.39. The molecule has 2 heterocycles. The number of nitrogens with one attached hydrogen (secondary N) is 1. The molecule has 3 aromatic rings. The molecule has 0 spiro atoms. The predicted molar refractivity (Wildman–Crippen MR) is 70.8 cm³/mol. The van der Waals surface area contributed by atoms with Crippen molar-refractivity contribution < 1.29 is 0 Å². The van der Waals surface area contributed by atoms with Gasteiger partial charge in [-0.15, -0.1) is 0 Å². The van der Waals surface area contributed by atoms with Crippen LogP contribution in [0, 0.1) is 6.92 Å². The molecule has 1 aromatic carbocycles. The molecule has 0 saturated carbocycles. The second kappa shape index (κ2) is 3.37. The van der Waals surface area contributed by atoms with Crippen molar-refractivity contribution in [2.24, 2.45) is 7.05 Å². The minimum absolute atomic E-state index is 0.0810. The number of aromatic amines is 1. The van der Waals surface area contributed by atoms with Gasteiger partial charge in [-0.2, -0.15) is 0 Å². The molecule has 0 saturated heterocycles. The average Bonchev–Trinajstić information content (AvgIpc) is 2.52. The van der Waals surface area contributed by atoms with Crippen LogP contribution >= 0.6 is 11.6 Å². The van der Waals surface area contributed by atoms with E-state index in [1.165, 1.54) is 0 Å². The third-order valence-electron chi connectivity index (χ3n) is 3.14. The predicted octanol–water partition coefficient (Wildman–Crippen LogP) is 2.98. The zero-order valence-electron chi connectivity index (χ0n) is 9.54. The molecule has 17 heavy (non-hydrogen) atoms. The van der Waals surface area contributed by atoms with E-state index < -0.39 is 0 Å². The lowest BCUT2D eigenvalue weighted by molar-refractivity contribution is 0.993. The van der Waals surface area contributed by atoms with Gasteiger partial charge in [-0.3, -0.25) is 4.79 Å². The number of fused-ring (bicyclic) bond motifs is 3. The lowest BCUT2D eigenvalue weighted by atomic mass is 10.2. The van der Waals surface area contributed by atoms with Crippen molar-refractivity contribution in [3.8, 4) is 0 Å².